The van der Waals surface area contributed by atoms with Crippen molar-refractivity contribution in [2.45, 2.75) is 25.0 Å². The van der Waals surface area contributed by atoms with Gasteiger partial charge in [-0.15, -0.1) is 0 Å². The molecule has 1 aliphatic rings. The van der Waals surface area contributed by atoms with Gasteiger partial charge >= 0.3 is 179 Å². The van der Waals surface area contributed by atoms with Crippen molar-refractivity contribution in [2.75, 3.05) is 19.7 Å². The molecule has 3 heterocycles. The van der Waals surface area contributed by atoms with Gasteiger partial charge in [0, 0.05) is 0 Å². The average molecular weight is 473 g/mol. The molecule has 4 rings (SSSR count). The van der Waals surface area contributed by atoms with Crippen LogP contribution in [-0.2, 0) is 23.0 Å². The number of aromatic nitrogens is 1. The summed E-state index contributed by atoms with van der Waals surface area (Å²) < 4.78 is 14.5. The Morgan fingerprint density at radius 3 is 3.13 bits per heavy atom. The molecule has 8 nitrogen and oxygen atoms in total. The predicted molar refractivity (Wildman–Crippen MR) is 112 cm³/mol. The summed E-state index contributed by atoms with van der Waals surface area (Å²) in [5.41, 5.74) is 2.34. The van der Waals surface area contributed by atoms with Gasteiger partial charge in [-0.2, -0.15) is 0 Å². The third-order valence-corrected chi connectivity index (χ3v) is 7.48. The molecule has 2 aromatic heterocycles. The van der Waals surface area contributed by atoms with Crippen LogP contribution in [0.3, 0.4) is 0 Å². The molecule has 1 amide bonds. The summed E-state index contributed by atoms with van der Waals surface area (Å²) in [7, 11) is 1.68. The van der Waals surface area contributed by atoms with E-state index >= 15 is 0 Å². The average Bonchev–Trinajstić information content (AvgIpc) is 3.19. The second kappa shape index (κ2) is 9.02. The number of nitriles is 1. The van der Waals surface area contributed by atoms with Crippen molar-refractivity contribution < 1.29 is 13.9 Å². The van der Waals surface area contributed by atoms with Gasteiger partial charge in [0.15, 0.2) is 0 Å². The number of hydrogen-bond acceptors (Lipinski definition) is 6. The van der Waals surface area contributed by atoms with Crippen molar-refractivity contribution in [1.29, 1.82) is 5.26 Å². The number of aryl methyl sites for hydroxylation is 1. The zero-order valence-corrected chi connectivity index (χ0v) is 18.2. The predicted octanol–water partition coefficient (Wildman–Crippen LogP) is 0.785. The van der Waals surface area contributed by atoms with Gasteiger partial charge in [-0.05, 0) is 0 Å². The molecule has 2 N–H and O–H groups in total. The Bertz CT molecular complexity index is 1150. The summed E-state index contributed by atoms with van der Waals surface area (Å²) in [6.45, 7) is 1.83. The number of hydrogen-bond donors (Lipinski definition) is 2. The van der Waals surface area contributed by atoms with Crippen LogP contribution in [0.15, 0.2) is 39.5 Å². The molecule has 30 heavy (non-hydrogen) atoms. The first kappa shape index (κ1) is 20.6. The number of carbonyl (C=O) groups excluding carboxylic acids is 1. The SMILES string of the molecule is Cn1c(=O)oc2ccc(-c3ccc(C[C@@H](C#N)NC(=O)[C@@H]4CNCCCO4)[se]3)cc21. The van der Waals surface area contributed by atoms with Crippen LogP contribution in [0.5, 0.6) is 0 Å². The van der Waals surface area contributed by atoms with Gasteiger partial charge in [-0.3, -0.25) is 0 Å². The summed E-state index contributed by atoms with van der Waals surface area (Å²) in [4.78, 5) is 24.1. The Morgan fingerprint density at radius 2 is 2.30 bits per heavy atom. The van der Waals surface area contributed by atoms with E-state index in [1.807, 2.05) is 24.3 Å². The fraction of sp³-hybridized carbons (Fsp3) is 0.381. The Morgan fingerprint density at radius 1 is 1.43 bits per heavy atom. The maximum atomic E-state index is 12.4. The molecule has 3 aromatic rings. The van der Waals surface area contributed by atoms with Gasteiger partial charge in [-0.1, -0.05) is 0 Å². The molecule has 0 unspecified atom stereocenters. The molecule has 9 heteroatoms. The van der Waals surface area contributed by atoms with Crippen LogP contribution in [0.1, 0.15) is 10.9 Å². The fourth-order valence-electron chi connectivity index (χ4n) is 3.40. The molecule has 156 valence electrons. The molecule has 0 aliphatic carbocycles. The van der Waals surface area contributed by atoms with E-state index in [1.54, 1.807) is 13.1 Å². The molecule has 0 bridgehead atoms. The fourth-order valence-corrected chi connectivity index (χ4v) is 5.60. The van der Waals surface area contributed by atoms with Crippen LogP contribution >= 0.6 is 0 Å². The van der Waals surface area contributed by atoms with Gasteiger partial charge in [0.2, 0.25) is 0 Å². The third kappa shape index (κ3) is 4.42. The van der Waals surface area contributed by atoms with E-state index in [4.69, 9.17) is 9.15 Å². The molecule has 0 spiro atoms. The summed E-state index contributed by atoms with van der Waals surface area (Å²) in [6.07, 6.45) is 0.788. The number of fused-ring (bicyclic) bond motifs is 1. The zero-order chi connectivity index (χ0) is 21.1. The molecule has 1 fully saturated rings. The van der Waals surface area contributed by atoms with Crippen LogP contribution in [0.4, 0.5) is 0 Å². The second-order valence-electron chi connectivity index (χ2n) is 7.19. The van der Waals surface area contributed by atoms with Crippen molar-refractivity contribution in [1.82, 2.24) is 15.2 Å². The molecule has 1 aromatic carbocycles. The van der Waals surface area contributed by atoms with Crippen molar-refractivity contribution in [3.05, 3.63) is 45.3 Å². The molecule has 0 saturated carbocycles. The van der Waals surface area contributed by atoms with Crippen molar-refractivity contribution in [3.8, 4) is 16.1 Å². The Balaban J connectivity index is 1.45. The molecular weight excluding hydrogens is 451 g/mol. The van der Waals surface area contributed by atoms with Crippen molar-refractivity contribution >= 4 is 31.5 Å². The maximum absolute atomic E-state index is 12.4. The number of ether oxygens (including phenoxy) is 1. The standard InChI is InChI=1S/C21H22N4O4Se/c1-25-16-9-13(3-5-17(16)29-21(25)27)19-6-4-15(30-19)10-14(11-22)24-20(26)18-12-23-7-2-8-28-18/h3-6,9,14,18,23H,2,7-8,10,12H2,1H3,(H,24,26)/t14-,18-/m0/s1. The van der Waals surface area contributed by atoms with Gasteiger partial charge in [0.05, 0.1) is 0 Å². The van der Waals surface area contributed by atoms with E-state index in [0.29, 0.717) is 25.2 Å². The number of oxazole rings is 1. The van der Waals surface area contributed by atoms with Gasteiger partial charge < -0.3 is 0 Å². The molecule has 0 radical (unpaired) electrons. The number of rotatable bonds is 5. The van der Waals surface area contributed by atoms with Crippen molar-refractivity contribution in [3.63, 3.8) is 0 Å². The molecular formula is C21H22N4O4Se. The first-order valence-corrected chi connectivity index (χ1v) is 11.5. The quantitative estimate of drug-likeness (QED) is 0.531. The van der Waals surface area contributed by atoms with Crippen LogP contribution in [0.2, 0.25) is 0 Å². The topological polar surface area (TPSA) is 109 Å². The summed E-state index contributed by atoms with van der Waals surface area (Å²) >= 11 is 0.0382. The summed E-state index contributed by atoms with van der Waals surface area (Å²) in [6, 6.07) is 11.4. The minimum atomic E-state index is -0.595. The van der Waals surface area contributed by atoms with Crippen molar-refractivity contribution in [2.24, 2.45) is 7.05 Å². The molecule has 1 aliphatic heterocycles. The van der Waals surface area contributed by atoms with E-state index in [1.165, 1.54) is 4.57 Å². The van der Waals surface area contributed by atoms with Crippen LogP contribution in [-0.4, -0.2) is 56.8 Å². The first-order chi connectivity index (χ1) is 14.5. The normalized spacial score (nSPS) is 17.9. The van der Waals surface area contributed by atoms with E-state index in [0.717, 1.165) is 32.9 Å². The van der Waals surface area contributed by atoms with E-state index in [-0.39, 0.29) is 26.2 Å². The number of nitrogens with one attached hydrogen (secondary N) is 2. The molecule has 1 saturated heterocycles. The number of carbonyl (C=O) groups is 1. The second-order valence-corrected chi connectivity index (χ2v) is 9.64. The van der Waals surface area contributed by atoms with Crippen LogP contribution in [0.25, 0.3) is 21.1 Å². The number of benzene rings is 1. The van der Waals surface area contributed by atoms with Gasteiger partial charge in [0.1, 0.15) is 0 Å². The Hall–Kier alpha value is -2.63. The van der Waals surface area contributed by atoms with Gasteiger partial charge in [0.25, 0.3) is 0 Å². The Labute approximate surface area is 179 Å². The van der Waals surface area contributed by atoms with Crippen LogP contribution < -0.4 is 16.4 Å². The van der Waals surface area contributed by atoms with Crippen LogP contribution in [0, 0.1) is 11.3 Å². The minimum absolute atomic E-state index is 0.0382. The summed E-state index contributed by atoms with van der Waals surface area (Å²) in [5, 5.41) is 15.5. The number of nitrogens with zero attached hydrogens (tertiary/aromatic N) is 2. The third-order valence-electron chi connectivity index (χ3n) is 5.05. The van der Waals surface area contributed by atoms with E-state index in [2.05, 4.69) is 16.7 Å². The van der Waals surface area contributed by atoms with E-state index < -0.39 is 12.1 Å². The number of amides is 1. The van der Waals surface area contributed by atoms with E-state index in [9.17, 15) is 14.9 Å². The first-order valence-electron chi connectivity index (χ1n) is 9.76. The molecule has 2 atom stereocenters. The zero-order valence-electron chi connectivity index (χ0n) is 16.5. The summed E-state index contributed by atoms with van der Waals surface area (Å²) in [5.74, 6) is -0.631. The van der Waals surface area contributed by atoms with Gasteiger partial charge in [-0.25, -0.2) is 0 Å². The monoisotopic (exact) mass is 474 g/mol. The Kier molecular flexibility index (Phi) is 6.21.